The van der Waals surface area contributed by atoms with Gasteiger partial charge in [-0.1, -0.05) is 25.1 Å². The van der Waals surface area contributed by atoms with Gasteiger partial charge < -0.3 is 4.90 Å². The summed E-state index contributed by atoms with van der Waals surface area (Å²) in [6, 6.07) is 15.1. The average Bonchev–Trinajstić information content (AvgIpc) is 2.67. The number of para-hydroxylation sites is 1. The topological polar surface area (TPSA) is 57.7 Å². The molecule has 0 bridgehead atoms. The van der Waals surface area contributed by atoms with Crippen LogP contribution in [0.1, 0.15) is 30.1 Å². The molecule has 2 aromatic carbocycles. The first-order valence-corrected chi connectivity index (χ1v) is 10.3. The van der Waals surface area contributed by atoms with Gasteiger partial charge in [0.1, 0.15) is 0 Å². The third-order valence-corrected chi connectivity index (χ3v) is 6.62. The number of hydrogen-bond donors (Lipinski definition) is 0. The number of hydrogen-bond acceptors (Lipinski definition) is 3. The molecule has 0 aromatic heterocycles. The van der Waals surface area contributed by atoms with Crippen LogP contribution in [0.5, 0.6) is 0 Å². The van der Waals surface area contributed by atoms with Crippen LogP contribution in [0, 0.1) is 5.92 Å². The quantitative estimate of drug-likeness (QED) is 0.827. The normalized spacial score (nSPS) is 17.8. The number of rotatable bonds is 4. The lowest BCUT2D eigenvalue weighted by Gasteiger charge is -2.31. The van der Waals surface area contributed by atoms with Gasteiger partial charge in [0.05, 0.1) is 10.6 Å². The number of sulfonamides is 1. The number of benzene rings is 2. The Hall–Kier alpha value is -2.34. The van der Waals surface area contributed by atoms with Crippen LogP contribution in [0.15, 0.2) is 59.5 Å². The number of anilines is 1. The highest BCUT2D eigenvalue weighted by Gasteiger charge is 2.24. The molecule has 1 fully saturated rings. The Morgan fingerprint density at radius 1 is 1.08 bits per heavy atom. The van der Waals surface area contributed by atoms with Gasteiger partial charge in [-0.25, -0.2) is 8.42 Å². The maximum absolute atomic E-state index is 12.8. The number of amides is 1. The van der Waals surface area contributed by atoms with Crippen LogP contribution >= 0.6 is 0 Å². The molecule has 1 aliphatic rings. The lowest BCUT2D eigenvalue weighted by atomic mass is 9.99. The molecule has 1 amide bonds. The maximum Gasteiger partial charge on any atom is 0.264 e. The zero-order chi connectivity index (χ0) is 18.7. The van der Waals surface area contributed by atoms with Crippen molar-refractivity contribution in [2.45, 2.75) is 24.7 Å². The molecule has 1 aliphatic heterocycles. The van der Waals surface area contributed by atoms with Gasteiger partial charge in [-0.3, -0.25) is 9.10 Å². The van der Waals surface area contributed by atoms with Gasteiger partial charge in [-0.2, -0.15) is 0 Å². The Bertz CT molecular complexity index is 864. The number of carbonyl (C=O) groups is 1. The highest BCUT2D eigenvalue weighted by Crippen LogP contribution is 2.23. The third-order valence-electron chi connectivity index (χ3n) is 4.82. The molecule has 0 unspecified atom stereocenters. The van der Waals surface area contributed by atoms with Gasteiger partial charge in [0, 0.05) is 25.7 Å². The molecule has 5 nitrogen and oxygen atoms in total. The van der Waals surface area contributed by atoms with Gasteiger partial charge in [0.2, 0.25) is 0 Å². The number of carbonyl (C=O) groups excluding carboxylic acids is 1. The van der Waals surface area contributed by atoms with Crippen molar-refractivity contribution in [3.63, 3.8) is 0 Å². The van der Waals surface area contributed by atoms with Gasteiger partial charge in [-0.15, -0.1) is 0 Å². The van der Waals surface area contributed by atoms with Crippen LogP contribution in [-0.2, 0) is 10.0 Å². The Morgan fingerprint density at radius 3 is 2.35 bits per heavy atom. The van der Waals surface area contributed by atoms with Gasteiger partial charge in [0.25, 0.3) is 15.9 Å². The van der Waals surface area contributed by atoms with E-state index in [1.807, 2.05) is 11.0 Å². The summed E-state index contributed by atoms with van der Waals surface area (Å²) < 4.78 is 26.8. The van der Waals surface area contributed by atoms with E-state index in [1.165, 1.54) is 23.5 Å². The molecule has 138 valence electrons. The minimum absolute atomic E-state index is 0.0306. The second-order valence-corrected chi connectivity index (χ2v) is 8.80. The van der Waals surface area contributed by atoms with Gasteiger partial charge in [0.15, 0.2) is 0 Å². The molecule has 1 atom stereocenters. The van der Waals surface area contributed by atoms with Crippen molar-refractivity contribution in [1.29, 1.82) is 0 Å². The highest BCUT2D eigenvalue weighted by atomic mass is 32.2. The number of piperidine rings is 1. The number of nitrogens with zero attached hydrogens (tertiary/aromatic N) is 2. The van der Waals surface area contributed by atoms with Crippen LogP contribution in [0.2, 0.25) is 0 Å². The highest BCUT2D eigenvalue weighted by molar-refractivity contribution is 7.92. The second kappa shape index (κ2) is 7.50. The maximum atomic E-state index is 12.8. The largest absolute Gasteiger partial charge is 0.338 e. The first kappa shape index (κ1) is 18.5. The summed E-state index contributed by atoms with van der Waals surface area (Å²) in [6.07, 6.45) is 2.16. The molecule has 2 aromatic rings. The van der Waals surface area contributed by atoms with Crippen molar-refractivity contribution < 1.29 is 13.2 Å². The first-order valence-electron chi connectivity index (χ1n) is 8.83. The van der Waals surface area contributed by atoms with Crippen molar-refractivity contribution in [3.8, 4) is 0 Å². The van der Waals surface area contributed by atoms with E-state index in [-0.39, 0.29) is 10.8 Å². The molecule has 6 heteroatoms. The number of likely N-dealkylation sites (tertiary alicyclic amines) is 1. The van der Waals surface area contributed by atoms with Gasteiger partial charge in [-0.05, 0) is 55.2 Å². The Kier molecular flexibility index (Phi) is 5.32. The van der Waals surface area contributed by atoms with Crippen molar-refractivity contribution in [2.75, 3.05) is 24.4 Å². The zero-order valence-corrected chi connectivity index (χ0v) is 15.9. The molecule has 26 heavy (non-hydrogen) atoms. The monoisotopic (exact) mass is 372 g/mol. The molecule has 1 heterocycles. The predicted molar refractivity (Wildman–Crippen MR) is 103 cm³/mol. The van der Waals surface area contributed by atoms with Gasteiger partial charge >= 0.3 is 0 Å². The molecule has 1 saturated heterocycles. The third kappa shape index (κ3) is 3.75. The van der Waals surface area contributed by atoms with Crippen molar-refractivity contribution in [2.24, 2.45) is 5.92 Å². The summed E-state index contributed by atoms with van der Waals surface area (Å²) in [7, 11) is -2.13. The fraction of sp³-hybridized carbons (Fsp3) is 0.350. The van der Waals surface area contributed by atoms with E-state index in [4.69, 9.17) is 0 Å². The summed E-state index contributed by atoms with van der Waals surface area (Å²) in [5, 5.41) is 0. The summed E-state index contributed by atoms with van der Waals surface area (Å²) >= 11 is 0. The van der Waals surface area contributed by atoms with E-state index in [2.05, 4.69) is 6.92 Å². The summed E-state index contributed by atoms with van der Waals surface area (Å²) in [5.74, 6) is 0.476. The van der Waals surface area contributed by atoms with Crippen molar-refractivity contribution >= 4 is 21.6 Å². The molecule has 0 spiro atoms. The van der Waals surface area contributed by atoms with Crippen molar-refractivity contribution in [3.05, 3.63) is 60.2 Å². The first-order chi connectivity index (χ1) is 12.4. The minimum atomic E-state index is -3.66. The lowest BCUT2D eigenvalue weighted by molar-refractivity contribution is 0.0683. The van der Waals surface area contributed by atoms with E-state index in [1.54, 1.807) is 36.4 Å². The molecular weight excluding hydrogens is 348 g/mol. The smallest absolute Gasteiger partial charge is 0.264 e. The van der Waals surface area contributed by atoms with Crippen LogP contribution in [-0.4, -0.2) is 39.4 Å². The molecular formula is C20H24N2O3S. The molecule has 3 rings (SSSR count). The summed E-state index contributed by atoms with van der Waals surface area (Å²) in [4.78, 5) is 14.7. The van der Waals surface area contributed by atoms with E-state index < -0.39 is 10.0 Å². The molecule has 0 radical (unpaired) electrons. The molecule has 0 saturated carbocycles. The van der Waals surface area contributed by atoms with E-state index in [0.29, 0.717) is 17.2 Å². The van der Waals surface area contributed by atoms with E-state index in [9.17, 15) is 13.2 Å². The lowest BCUT2D eigenvalue weighted by Crippen LogP contribution is -2.39. The van der Waals surface area contributed by atoms with E-state index >= 15 is 0 Å². The molecule has 0 aliphatic carbocycles. The zero-order valence-electron chi connectivity index (χ0n) is 15.1. The van der Waals surface area contributed by atoms with Crippen LogP contribution < -0.4 is 4.31 Å². The summed E-state index contributed by atoms with van der Waals surface area (Å²) in [6.45, 7) is 3.67. The van der Waals surface area contributed by atoms with E-state index in [0.717, 1.165) is 25.9 Å². The van der Waals surface area contributed by atoms with Crippen LogP contribution in [0.25, 0.3) is 0 Å². The SMILES string of the molecule is C[C@@H]1CCCN(C(=O)c2ccc(S(=O)(=O)N(C)c3ccccc3)cc2)C1. The fourth-order valence-electron chi connectivity index (χ4n) is 3.26. The average molecular weight is 372 g/mol. The Balaban J connectivity index is 1.79. The van der Waals surface area contributed by atoms with Crippen LogP contribution in [0.4, 0.5) is 5.69 Å². The Morgan fingerprint density at radius 2 is 1.73 bits per heavy atom. The summed E-state index contributed by atoms with van der Waals surface area (Å²) in [5.41, 5.74) is 1.12. The minimum Gasteiger partial charge on any atom is -0.338 e. The Labute approximate surface area is 155 Å². The van der Waals surface area contributed by atoms with Crippen molar-refractivity contribution in [1.82, 2.24) is 4.90 Å². The van der Waals surface area contributed by atoms with Crippen LogP contribution in [0.3, 0.4) is 0 Å². The molecule has 0 N–H and O–H groups in total. The predicted octanol–water partition coefficient (Wildman–Crippen LogP) is 3.38. The fourth-order valence-corrected chi connectivity index (χ4v) is 4.46. The second-order valence-electron chi connectivity index (χ2n) is 6.83. The standard InChI is InChI=1S/C20H24N2O3S/c1-16-7-6-14-22(15-16)20(23)17-10-12-19(13-11-17)26(24,25)21(2)18-8-4-3-5-9-18/h3-5,8-13,16H,6-7,14-15H2,1-2H3/t16-/m1/s1.